The van der Waals surface area contributed by atoms with Crippen molar-refractivity contribution in [2.45, 2.75) is 123 Å². The van der Waals surface area contributed by atoms with Gasteiger partial charge in [0.05, 0.1) is 12.0 Å². The molecule has 0 aromatic carbocycles. The minimum absolute atomic E-state index is 0. The Hall–Kier alpha value is -0.0600. The van der Waals surface area contributed by atoms with Crippen molar-refractivity contribution in [3.63, 3.8) is 0 Å². The van der Waals surface area contributed by atoms with Crippen molar-refractivity contribution in [3.05, 3.63) is 0 Å². The van der Waals surface area contributed by atoms with Crippen molar-refractivity contribution in [1.82, 2.24) is 4.90 Å². The van der Waals surface area contributed by atoms with E-state index in [1.807, 2.05) is 0 Å². The van der Waals surface area contributed by atoms with Crippen molar-refractivity contribution in [3.8, 4) is 0 Å². The first-order chi connectivity index (χ1) is 12.5. The van der Waals surface area contributed by atoms with E-state index in [1.165, 1.54) is 102 Å². The summed E-state index contributed by atoms with van der Waals surface area (Å²) in [5.41, 5.74) is 0. The Morgan fingerprint density at radius 3 is 1.41 bits per heavy atom. The zero-order chi connectivity index (χ0) is 19.6. The molecule has 5 heteroatoms. The molecule has 0 rings (SSSR count). The van der Waals surface area contributed by atoms with Gasteiger partial charge < -0.3 is 14.8 Å². The molecular weight excluding hydrogens is 349 g/mol. The maximum Gasteiger partial charge on any atom is 1.00 e. The number of carboxylic acid groups (broad SMARTS) is 1. The predicted molar refractivity (Wildman–Crippen MR) is 107 cm³/mol. The first-order valence-corrected chi connectivity index (χ1v) is 11.0. The van der Waals surface area contributed by atoms with E-state index in [-0.39, 0.29) is 35.5 Å². The van der Waals surface area contributed by atoms with Crippen LogP contribution in [0, 0.1) is 0 Å². The Kier molecular flexibility index (Phi) is 22.3. The molecule has 0 heterocycles. The molecule has 154 valence electrons. The molecule has 0 saturated heterocycles. The number of hydrogen-bond donors (Lipinski definition) is 0. The third kappa shape index (κ3) is 17.8. The third-order valence-corrected chi connectivity index (χ3v) is 5.31. The molecule has 0 unspecified atom stereocenters. The van der Waals surface area contributed by atoms with Gasteiger partial charge in [-0.3, -0.25) is 4.79 Å². The summed E-state index contributed by atoms with van der Waals surface area (Å²) in [7, 11) is 1.54. The van der Waals surface area contributed by atoms with Crippen LogP contribution in [0.3, 0.4) is 0 Å². The molecular formula is C22H42NNaO3. The number of likely N-dealkylation sites (N-methyl/N-ethyl adjacent to an activating group) is 1. The second-order valence-electron chi connectivity index (χ2n) is 7.70. The molecule has 0 aromatic rings. The molecule has 1 amide bonds. The Bertz CT molecular complexity index is 363. The summed E-state index contributed by atoms with van der Waals surface area (Å²) in [6, 6.07) is -0.848. The van der Waals surface area contributed by atoms with Gasteiger partial charge in [-0.25, -0.2) is 0 Å². The maximum absolute atomic E-state index is 11.9. The van der Waals surface area contributed by atoms with Crippen molar-refractivity contribution in [2.24, 2.45) is 0 Å². The summed E-state index contributed by atoms with van der Waals surface area (Å²) in [4.78, 5) is 23.9. The van der Waals surface area contributed by atoms with Crippen LogP contribution in [0.4, 0.5) is 0 Å². The average Bonchev–Trinajstić information content (AvgIpc) is 2.63. The minimum Gasteiger partial charge on any atom is -0.548 e. The van der Waals surface area contributed by atoms with E-state index < -0.39 is 12.0 Å². The van der Waals surface area contributed by atoms with Gasteiger partial charge in [-0.1, -0.05) is 96.8 Å². The molecule has 0 aliphatic heterocycles. The molecule has 0 fully saturated rings. The van der Waals surface area contributed by atoms with Crippen molar-refractivity contribution in [2.75, 3.05) is 7.05 Å². The number of hydrogen-bond acceptors (Lipinski definition) is 3. The second-order valence-corrected chi connectivity index (χ2v) is 7.70. The van der Waals surface area contributed by atoms with Crippen LogP contribution in [0.5, 0.6) is 0 Å². The van der Waals surface area contributed by atoms with E-state index in [1.54, 1.807) is 0 Å². The largest absolute Gasteiger partial charge is 1.00 e. The third-order valence-electron chi connectivity index (χ3n) is 5.31. The van der Waals surface area contributed by atoms with Gasteiger partial charge >= 0.3 is 29.6 Å². The van der Waals surface area contributed by atoms with Crippen molar-refractivity contribution < 1.29 is 44.3 Å². The Labute approximate surface area is 190 Å². The minimum atomic E-state index is -1.20. The Morgan fingerprint density at radius 1 is 0.741 bits per heavy atom. The van der Waals surface area contributed by atoms with Gasteiger partial charge in [0, 0.05) is 13.5 Å². The fraction of sp³-hybridized carbons (Fsp3) is 0.909. The molecule has 27 heavy (non-hydrogen) atoms. The van der Waals surface area contributed by atoms with Crippen molar-refractivity contribution >= 4 is 11.9 Å². The molecule has 0 spiro atoms. The number of carboxylic acids is 1. The van der Waals surface area contributed by atoms with E-state index >= 15 is 0 Å². The smallest absolute Gasteiger partial charge is 0.548 e. The monoisotopic (exact) mass is 391 g/mol. The fourth-order valence-electron chi connectivity index (χ4n) is 3.20. The molecule has 4 nitrogen and oxygen atoms in total. The van der Waals surface area contributed by atoms with Gasteiger partial charge in [-0.2, -0.15) is 0 Å². The van der Waals surface area contributed by atoms with E-state index in [2.05, 4.69) is 6.92 Å². The van der Waals surface area contributed by atoms with E-state index in [4.69, 9.17) is 0 Å². The van der Waals surface area contributed by atoms with Gasteiger partial charge in [-0.15, -0.1) is 0 Å². The summed E-state index contributed by atoms with van der Waals surface area (Å²) < 4.78 is 0. The molecule has 0 bridgehead atoms. The van der Waals surface area contributed by atoms with E-state index in [9.17, 15) is 14.7 Å². The Balaban J connectivity index is 0. The normalized spacial score (nSPS) is 11.7. The topological polar surface area (TPSA) is 60.4 Å². The summed E-state index contributed by atoms with van der Waals surface area (Å²) in [5.74, 6) is -1.30. The fourth-order valence-corrected chi connectivity index (χ4v) is 3.20. The standard InChI is InChI=1S/C22H43NO3.Na/c1-4-5-6-7-8-9-10-11-12-13-14-15-16-17-18-19-21(24)23(3)20(2)22(25)26;/h20H,4-19H2,1-3H3,(H,25,26);/q;+1/p-1/t20-;/m0./s1. The van der Waals surface area contributed by atoms with Crippen LogP contribution in [0.1, 0.15) is 117 Å². The second kappa shape index (κ2) is 20.7. The summed E-state index contributed by atoms with van der Waals surface area (Å²) in [6.07, 6.45) is 19.9. The number of amides is 1. The molecule has 0 aliphatic carbocycles. The number of rotatable bonds is 18. The van der Waals surface area contributed by atoms with Crippen molar-refractivity contribution in [1.29, 1.82) is 0 Å². The van der Waals surface area contributed by atoms with Crippen LogP contribution >= 0.6 is 0 Å². The van der Waals surface area contributed by atoms with Gasteiger partial charge in [0.1, 0.15) is 0 Å². The van der Waals surface area contributed by atoms with Crippen LogP contribution in [0.25, 0.3) is 0 Å². The van der Waals surface area contributed by atoms with Crippen LogP contribution in [-0.2, 0) is 9.59 Å². The summed E-state index contributed by atoms with van der Waals surface area (Å²) in [6.45, 7) is 3.75. The number of aliphatic carboxylic acids is 1. The number of nitrogens with zero attached hydrogens (tertiary/aromatic N) is 1. The van der Waals surface area contributed by atoms with Gasteiger partial charge in [-0.05, 0) is 13.3 Å². The van der Waals surface area contributed by atoms with Gasteiger partial charge in [0.2, 0.25) is 5.91 Å². The first-order valence-electron chi connectivity index (χ1n) is 11.0. The molecule has 0 aliphatic rings. The molecule has 0 saturated carbocycles. The average molecular weight is 392 g/mol. The predicted octanol–water partition coefficient (Wildman–Crippen LogP) is 1.85. The maximum atomic E-state index is 11.9. The van der Waals surface area contributed by atoms with Crippen LogP contribution in [-0.4, -0.2) is 29.9 Å². The number of unbranched alkanes of at least 4 members (excludes halogenated alkanes) is 14. The summed E-state index contributed by atoms with van der Waals surface area (Å²) in [5, 5.41) is 10.8. The van der Waals surface area contributed by atoms with Crippen LogP contribution in [0.15, 0.2) is 0 Å². The molecule has 0 aromatic heterocycles. The van der Waals surface area contributed by atoms with E-state index in [0.29, 0.717) is 6.42 Å². The van der Waals surface area contributed by atoms with E-state index in [0.717, 1.165) is 12.8 Å². The van der Waals surface area contributed by atoms with Crippen LogP contribution < -0.4 is 34.7 Å². The molecule has 0 radical (unpaired) electrons. The number of carbonyl (C=O) groups is 2. The van der Waals surface area contributed by atoms with Crippen LogP contribution in [0.2, 0.25) is 0 Å². The Morgan fingerprint density at radius 2 is 1.07 bits per heavy atom. The zero-order valence-corrected chi connectivity index (χ0v) is 20.6. The summed E-state index contributed by atoms with van der Waals surface area (Å²) >= 11 is 0. The van der Waals surface area contributed by atoms with Gasteiger partial charge in [0.25, 0.3) is 0 Å². The quantitative estimate of drug-likeness (QED) is 0.265. The molecule has 0 N–H and O–H groups in total. The SMILES string of the molecule is CCCCCCCCCCCCCCCCCC(=O)N(C)[C@@H](C)C(=O)[O-].[Na+]. The van der Waals surface area contributed by atoms with Gasteiger partial charge in [0.15, 0.2) is 0 Å². The number of carbonyl (C=O) groups excluding carboxylic acids is 2. The molecule has 1 atom stereocenters. The first kappa shape index (κ1) is 29.1. The zero-order valence-electron chi connectivity index (χ0n) is 18.6.